The second kappa shape index (κ2) is 7.60. The summed E-state index contributed by atoms with van der Waals surface area (Å²) in [5.41, 5.74) is 3.43. The Bertz CT molecular complexity index is 758. The van der Waals surface area contributed by atoms with Gasteiger partial charge in [0, 0.05) is 37.1 Å². The van der Waals surface area contributed by atoms with Crippen LogP contribution in [0.5, 0.6) is 0 Å². The lowest BCUT2D eigenvalue weighted by Crippen LogP contribution is -2.18. The van der Waals surface area contributed by atoms with Gasteiger partial charge in [0.2, 0.25) is 0 Å². The maximum absolute atomic E-state index is 6.04. The van der Waals surface area contributed by atoms with Crippen molar-refractivity contribution in [3.05, 3.63) is 71.9 Å². The van der Waals surface area contributed by atoms with E-state index in [9.17, 15) is 0 Å². The lowest BCUT2D eigenvalue weighted by Gasteiger charge is -2.23. The molecule has 0 N–H and O–H groups in total. The number of hydrogen-bond donors (Lipinski definition) is 0. The van der Waals surface area contributed by atoms with Gasteiger partial charge in [0.25, 0.3) is 0 Å². The van der Waals surface area contributed by atoms with Gasteiger partial charge in [-0.25, -0.2) is 0 Å². The Hall–Kier alpha value is -2.49. The zero-order valence-corrected chi connectivity index (χ0v) is 15.5. The minimum Gasteiger partial charge on any atom is -0.493 e. The summed E-state index contributed by atoms with van der Waals surface area (Å²) in [6.45, 7) is 8.09. The molecular formula is C21H27N3O. The molecule has 25 heavy (non-hydrogen) atoms. The number of likely N-dealkylation sites (N-methyl/N-ethyl adjacent to an activating group) is 1. The third-order valence-electron chi connectivity index (χ3n) is 4.34. The van der Waals surface area contributed by atoms with E-state index >= 15 is 0 Å². The predicted octanol–water partition coefficient (Wildman–Crippen LogP) is 4.34. The highest BCUT2D eigenvalue weighted by Gasteiger charge is 2.18. The van der Waals surface area contributed by atoms with Gasteiger partial charge in [0.1, 0.15) is 5.76 Å². The van der Waals surface area contributed by atoms with Gasteiger partial charge in [0.15, 0.2) is 0 Å². The average Bonchev–Trinajstić information content (AvgIpc) is 3.10. The number of hydrogen-bond acceptors (Lipinski definition) is 3. The standard InChI is InChI=1S/C21H27N3O/c1-16(2)15-25-21-10-11-23(4)14-20(21)19-12-22-24(13-19)17(3)18-8-6-5-7-9-18/h5-10,12-14,16-17H,11,15H2,1-4H3. The number of aromatic nitrogens is 2. The molecule has 0 saturated carbocycles. The van der Waals surface area contributed by atoms with Crippen molar-refractivity contribution in [2.24, 2.45) is 5.92 Å². The SMILES string of the molecule is CC(C)COC1=CCN(C)C=C1c1cnn(C(C)c2ccccc2)c1. The van der Waals surface area contributed by atoms with E-state index in [1.807, 2.05) is 16.9 Å². The predicted molar refractivity (Wildman–Crippen MR) is 102 cm³/mol. The van der Waals surface area contributed by atoms with Gasteiger partial charge in [-0.3, -0.25) is 4.68 Å². The van der Waals surface area contributed by atoms with Crippen LogP contribution in [0.1, 0.15) is 37.9 Å². The Labute approximate surface area is 150 Å². The van der Waals surface area contributed by atoms with Crippen LogP contribution < -0.4 is 0 Å². The molecule has 0 saturated heterocycles. The van der Waals surface area contributed by atoms with Gasteiger partial charge in [0.05, 0.1) is 18.8 Å². The second-order valence-corrected chi connectivity index (χ2v) is 7.05. The Morgan fingerprint density at radius 3 is 2.64 bits per heavy atom. The molecule has 1 aliphatic rings. The summed E-state index contributed by atoms with van der Waals surface area (Å²) >= 11 is 0. The fourth-order valence-electron chi connectivity index (χ4n) is 2.86. The Kier molecular flexibility index (Phi) is 5.27. The first-order valence-electron chi connectivity index (χ1n) is 8.89. The Morgan fingerprint density at radius 1 is 1.16 bits per heavy atom. The summed E-state index contributed by atoms with van der Waals surface area (Å²) in [5, 5.41) is 4.60. The molecule has 0 spiro atoms. The molecule has 0 fully saturated rings. The topological polar surface area (TPSA) is 30.3 Å². The normalized spacial score (nSPS) is 15.8. The highest BCUT2D eigenvalue weighted by atomic mass is 16.5. The van der Waals surface area contributed by atoms with E-state index in [1.54, 1.807) is 0 Å². The molecule has 4 nitrogen and oxygen atoms in total. The number of ether oxygens (including phenoxy) is 1. The van der Waals surface area contributed by atoms with Crippen LogP contribution in [0.3, 0.4) is 0 Å². The molecule has 0 bridgehead atoms. The zero-order chi connectivity index (χ0) is 17.8. The van der Waals surface area contributed by atoms with E-state index in [4.69, 9.17) is 4.74 Å². The van der Waals surface area contributed by atoms with E-state index in [2.05, 4.69) is 80.6 Å². The molecule has 1 aromatic carbocycles. The molecule has 0 amide bonds. The number of rotatable bonds is 6. The molecule has 3 rings (SSSR count). The van der Waals surface area contributed by atoms with E-state index in [1.165, 1.54) is 5.56 Å². The molecule has 132 valence electrons. The van der Waals surface area contributed by atoms with Crippen LogP contribution in [0.15, 0.2) is 60.8 Å². The number of nitrogens with zero attached hydrogens (tertiary/aromatic N) is 3. The molecule has 0 radical (unpaired) electrons. The van der Waals surface area contributed by atoms with E-state index < -0.39 is 0 Å². The smallest absolute Gasteiger partial charge is 0.126 e. The zero-order valence-electron chi connectivity index (χ0n) is 15.5. The van der Waals surface area contributed by atoms with E-state index in [-0.39, 0.29) is 6.04 Å². The molecule has 1 aromatic heterocycles. The summed E-state index contributed by atoms with van der Waals surface area (Å²) < 4.78 is 8.06. The third kappa shape index (κ3) is 4.13. The highest BCUT2D eigenvalue weighted by molar-refractivity contribution is 5.77. The van der Waals surface area contributed by atoms with Crippen LogP contribution in [-0.4, -0.2) is 34.9 Å². The van der Waals surface area contributed by atoms with Gasteiger partial charge >= 0.3 is 0 Å². The maximum atomic E-state index is 6.04. The van der Waals surface area contributed by atoms with Crippen LogP contribution in [0.4, 0.5) is 0 Å². The van der Waals surface area contributed by atoms with Crippen LogP contribution >= 0.6 is 0 Å². The van der Waals surface area contributed by atoms with Crippen molar-refractivity contribution in [3.63, 3.8) is 0 Å². The van der Waals surface area contributed by atoms with E-state index in [0.717, 1.165) is 30.0 Å². The van der Waals surface area contributed by atoms with Crippen LogP contribution in [0.25, 0.3) is 5.57 Å². The monoisotopic (exact) mass is 337 g/mol. The fraction of sp³-hybridized carbons (Fsp3) is 0.381. The van der Waals surface area contributed by atoms with Gasteiger partial charge in [-0.2, -0.15) is 5.10 Å². The minimum absolute atomic E-state index is 0.195. The van der Waals surface area contributed by atoms with E-state index in [0.29, 0.717) is 5.92 Å². The molecule has 1 aliphatic heterocycles. The van der Waals surface area contributed by atoms with Crippen molar-refractivity contribution in [1.29, 1.82) is 0 Å². The van der Waals surface area contributed by atoms with Gasteiger partial charge in [-0.05, 0) is 24.5 Å². The third-order valence-corrected chi connectivity index (χ3v) is 4.34. The molecule has 0 aliphatic carbocycles. The summed E-state index contributed by atoms with van der Waals surface area (Å²) in [6.07, 6.45) is 8.33. The van der Waals surface area contributed by atoms with Crippen molar-refractivity contribution >= 4 is 5.57 Å². The van der Waals surface area contributed by atoms with Crippen LogP contribution in [-0.2, 0) is 4.74 Å². The first-order chi connectivity index (χ1) is 12.0. The summed E-state index contributed by atoms with van der Waals surface area (Å²) in [5.74, 6) is 1.46. The second-order valence-electron chi connectivity index (χ2n) is 7.05. The first kappa shape index (κ1) is 17.3. The van der Waals surface area contributed by atoms with Crippen molar-refractivity contribution in [1.82, 2.24) is 14.7 Å². The van der Waals surface area contributed by atoms with Crippen LogP contribution in [0.2, 0.25) is 0 Å². The largest absolute Gasteiger partial charge is 0.493 e. The number of allylic oxidation sites excluding steroid dienone is 1. The van der Waals surface area contributed by atoms with Crippen molar-refractivity contribution in [2.45, 2.75) is 26.8 Å². The Morgan fingerprint density at radius 2 is 1.92 bits per heavy atom. The lowest BCUT2D eigenvalue weighted by molar-refractivity contribution is 0.189. The van der Waals surface area contributed by atoms with Crippen molar-refractivity contribution in [3.8, 4) is 0 Å². The summed E-state index contributed by atoms with van der Waals surface area (Å²) in [4.78, 5) is 2.16. The lowest BCUT2D eigenvalue weighted by atomic mass is 10.1. The quantitative estimate of drug-likeness (QED) is 0.786. The van der Waals surface area contributed by atoms with Crippen molar-refractivity contribution < 1.29 is 4.74 Å². The molecule has 4 heteroatoms. The molecule has 1 atom stereocenters. The van der Waals surface area contributed by atoms with Crippen molar-refractivity contribution in [2.75, 3.05) is 20.2 Å². The maximum Gasteiger partial charge on any atom is 0.126 e. The van der Waals surface area contributed by atoms with Crippen LogP contribution in [0, 0.1) is 5.92 Å². The highest BCUT2D eigenvalue weighted by Crippen LogP contribution is 2.29. The summed E-state index contributed by atoms with van der Waals surface area (Å²) in [7, 11) is 2.08. The molecular weight excluding hydrogens is 310 g/mol. The first-order valence-corrected chi connectivity index (χ1v) is 8.89. The molecule has 1 unspecified atom stereocenters. The molecule has 2 aromatic rings. The Balaban J connectivity index is 1.83. The van der Waals surface area contributed by atoms with Gasteiger partial charge in [-0.1, -0.05) is 44.2 Å². The van der Waals surface area contributed by atoms with Gasteiger partial charge < -0.3 is 9.64 Å². The summed E-state index contributed by atoms with van der Waals surface area (Å²) in [6, 6.07) is 10.6. The average molecular weight is 337 g/mol. The minimum atomic E-state index is 0.195. The number of benzene rings is 1. The van der Waals surface area contributed by atoms with Gasteiger partial charge in [-0.15, -0.1) is 0 Å². The molecule has 2 heterocycles. The fourth-order valence-corrected chi connectivity index (χ4v) is 2.86.